The summed E-state index contributed by atoms with van der Waals surface area (Å²) in [5.41, 5.74) is 8.90. The average Bonchev–Trinajstić information content (AvgIpc) is 2.49. The Hall–Kier alpha value is -1.55. The molecule has 1 aliphatic heterocycles. The van der Waals surface area contributed by atoms with E-state index in [1.54, 1.807) is 0 Å². The topological polar surface area (TPSA) is 56.4 Å². The first-order chi connectivity index (χ1) is 8.99. The van der Waals surface area contributed by atoms with E-state index < -0.39 is 0 Å². The zero-order valence-corrected chi connectivity index (χ0v) is 12.1. The highest BCUT2D eigenvalue weighted by Crippen LogP contribution is 2.25. The number of hydrogen-bond donors (Lipinski definition) is 2. The van der Waals surface area contributed by atoms with E-state index in [9.17, 15) is 0 Å². The molecule has 1 aromatic rings. The maximum absolute atomic E-state index is 7.77. The van der Waals surface area contributed by atoms with Crippen LogP contribution in [-0.2, 0) is 0 Å². The lowest BCUT2D eigenvalue weighted by atomic mass is 10.1. The first-order valence-electron chi connectivity index (χ1n) is 6.89. The second-order valence-corrected chi connectivity index (χ2v) is 5.59. The van der Waals surface area contributed by atoms with Crippen LogP contribution in [0.1, 0.15) is 24.5 Å². The van der Waals surface area contributed by atoms with Crippen molar-refractivity contribution < 1.29 is 0 Å². The lowest BCUT2D eigenvalue weighted by Gasteiger charge is -2.32. The van der Waals surface area contributed by atoms with Gasteiger partial charge in [-0.25, -0.2) is 0 Å². The van der Waals surface area contributed by atoms with Gasteiger partial charge in [-0.3, -0.25) is 5.41 Å². The maximum Gasteiger partial charge on any atom is 0.124 e. The van der Waals surface area contributed by atoms with Crippen molar-refractivity contribution in [3.05, 3.63) is 29.3 Å². The number of aryl methyl sites for hydroxylation is 1. The van der Waals surface area contributed by atoms with Crippen LogP contribution in [0, 0.1) is 12.3 Å². The minimum absolute atomic E-state index is 0.153. The van der Waals surface area contributed by atoms with Crippen molar-refractivity contribution in [3.8, 4) is 0 Å². The summed E-state index contributed by atoms with van der Waals surface area (Å²) in [6.07, 6.45) is 1.14. The number of hydrogen-bond acceptors (Lipinski definition) is 3. The Labute approximate surface area is 115 Å². The summed E-state index contributed by atoms with van der Waals surface area (Å²) in [5.74, 6) is 0.153. The van der Waals surface area contributed by atoms with Gasteiger partial charge in [0.05, 0.1) is 0 Å². The molecule has 2 rings (SSSR count). The van der Waals surface area contributed by atoms with Crippen molar-refractivity contribution in [3.63, 3.8) is 0 Å². The molecule has 1 atom stereocenters. The number of benzene rings is 1. The normalized spacial score (nSPS) is 21.2. The van der Waals surface area contributed by atoms with Crippen molar-refractivity contribution >= 4 is 11.5 Å². The molecule has 0 saturated carbocycles. The molecule has 0 spiro atoms. The number of rotatable bonds is 2. The van der Waals surface area contributed by atoms with Crippen LogP contribution in [0.15, 0.2) is 18.2 Å². The quantitative estimate of drug-likeness (QED) is 0.630. The second-order valence-electron chi connectivity index (χ2n) is 5.59. The van der Waals surface area contributed by atoms with Gasteiger partial charge in [0.1, 0.15) is 5.84 Å². The number of amidine groups is 1. The summed E-state index contributed by atoms with van der Waals surface area (Å²) in [6, 6.07) is 6.58. The van der Waals surface area contributed by atoms with Gasteiger partial charge in [0.2, 0.25) is 0 Å². The van der Waals surface area contributed by atoms with E-state index >= 15 is 0 Å². The molecule has 19 heavy (non-hydrogen) atoms. The molecule has 1 unspecified atom stereocenters. The predicted octanol–water partition coefficient (Wildman–Crippen LogP) is 1.81. The molecule has 104 valence electrons. The smallest absolute Gasteiger partial charge is 0.124 e. The van der Waals surface area contributed by atoms with Crippen molar-refractivity contribution in [2.45, 2.75) is 26.3 Å². The molecule has 4 nitrogen and oxygen atoms in total. The number of nitrogens with two attached hydrogens (primary N) is 1. The summed E-state index contributed by atoms with van der Waals surface area (Å²) >= 11 is 0. The molecule has 4 heteroatoms. The highest BCUT2D eigenvalue weighted by atomic mass is 15.2. The predicted molar refractivity (Wildman–Crippen MR) is 81.1 cm³/mol. The van der Waals surface area contributed by atoms with Gasteiger partial charge in [-0.2, -0.15) is 0 Å². The number of anilines is 1. The zero-order valence-electron chi connectivity index (χ0n) is 12.1. The van der Waals surface area contributed by atoms with Gasteiger partial charge in [0.15, 0.2) is 0 Å². The number of nitrogens with one attached hydrogen (secondary N) is 1. The van der Waals surface area contributed by atoms with Crippen molar-refractivity contribution in [1.29, 1.82) is 5.41 Å². The Morgan fingerprint density at radius 2 is 2.11 bits per heavy atom. The average molecular weight is 260 g/mol. The van der Waals surface area contributed by atoms with E-state index in [2.05, 4.69) is 36.8 Å². The highest BCUT2D eigenvalue weighted by Gasteiger charge is 2.22. The Morgan fingerprint density at radius 1 is 1.37 bits per heavy atom. The number of likely N-dealkylation sites (N-methyl/N-ethyl adjacent to an activating group) is 1. The van der Waals surface area contributed by atoms with Crippen LogP contribution in [0.5, 0.6) is 0 Å². The fourth-order valence-electron chi connectivity index (χ4n) is 2.84. The van der Waals surface area contributed by atoms with Crippen LogP contribution in [-0.4, -0.2) is 43.5 Å². The van der Waals surface area contributed by atoms with Gasteiger partial charge in [0.25, 0.3) is 0 Å². The molecule has 1 aromatic carbocycles. The largest absolute Gasteiger partial charge is 0.384 e. The molecule has 1 heterocycles. The summed E-state index contributed by atoms with van der Waals surface area (Å²) in [5, 5.41) is 7.77. The fraction of sp³-hybridized carbons (Fsp3) is 0.533. The minimum atomic E-state index is 0.153. The van der Waals surface area contributed by atoms with Gasteiger partial charge in [-0.15, -0.1) is 0 Å². The standard InChI is InChI=1S/C15H24N4/c1-11-5-6-13(15(16)17)14(9-11)19-8-4-7-18(3)10-12(19)2/h5-6,9,12H,4,7-8,10H2,1-3H3,(H3,16,17). The molecule has 1 fully saturated rings. The monoisotopic (exact) mass is 260 g/mol. The van der Waals surface area contributed by atoms with E-state index in [0.29, 0.717) is 6.04 Å². The van der Waals surface area contributed by atoms with Crippen LogP contribution in [0.3, 0.4) is 0 Å². The van der Waals surface area contributed by atoms with E-state index in [-0.39, 0.29) is 5.84 Å². The van der Waals surface area contributed by atoms with E-state index in [1.807, 2.05) is 12.1 Å². The lowest BCUT2D eigenvalue weighted by Crippen LogP contribution is -2.39. The second kappa shape index (κ2) is 5.61. The van der Waals surface area contributed by atoms with Crippen LogP contribution < -0.4 is 10.6 Å². The van der Waals surface area contributed by atoms with Crippen LogP contribution in [0.25, 0.3) is 0 Å². The molecule has 1 saturated heterocycles. The zero-order chi connectivity index (χ0) is 14.0. The van der Waals surface area contributed by atoms with Gasteiger partial charge < -0.3 is 15.5 Å². The maximum atomic E-state index is 7.77. The van der Waals surface area contributed by atoms with Gasteiger partial charge in [-0.1, -0.05) is 6.07 Å². The fourth-order valence-corrected chi connectivity index (χ4v) is 2.84. The Morgan fingerprint density at radius 3 is 2.79 bits per heavy atom. The van der Waals surface area contributed by atoms with Crippen LogP contribution in [0.4, 0.5) is 5.69 Å². The number of nitrogen functional groups attached to an aromatic ring is 1. The highest BCUT2D eigenvalue weighted by molar-refractivity contribution is 6.00. The summed E-state index contributed by atoms with van der Waals surface area (Å²) in [6.45, 7) is 7.53. The van der Waals surface area contributed by atoms with Crippen molar-refractivity contribution in [1.82, 2.24) is 4.90 Å². The molecule has 0 amide bonds. The molecule has 0 aliphatic carbocycles. The van der Waals surface area contributed by atoms with E-state index in [0.717, 1.165) is 37.3 Å². The summed E-state index contributed by atoms with van der Waals surface area (Å²) in [4.78, 5) is 4.77. The number of nitrogens with zero attached hydrogens (tertiary/aromatic N) is 2. The Kier molecular flexibility index (Phi) is 4.10. The molecule has 1 aliphatic rings. The van der Waals surface area contributed by atoms with Crippen LogP contribution >= 0.6 is 0 Å². The van der Waals surface area contributed by atoms with Gasteiger partial charge in [0, 0.05) is 30.4 Å². The van der Waals surface area contributed by atoms with Gasteiger partial charge >= 0.3 is 0 Å². The minimum Gasteiger partial charge on any atom is -0.384 e. The van der Waals surface area contributed by atoms with Crippen molar-refractivity contribution in [2.75, 3.05) is 31.6 Å². The van der Waals surface area contributed by atoms with E-state index in [4.69, 9.17) is 11.1 Å². The van der Waals surface area contributed by atoms with Gasteiger partial charge in [-0.05, 0) is 51.6 Å². The molecule has 0 bridgehead atoms. The third-order valence-corrected chi connectivity index (χ3v) is 3.80. The molecule has 0 radical (unpaired) electrons. The van der Waals surface area contributed by atoms with E-state index in [1.165, 1.54) is 5.56 Å². The summed E-state index contributed by atoms with van der Waals surface area (Å²) < 4.78 is 0. The Balaban J connectivity index is 2.38. The van der Waals surface area contributed by atoms with Crippen molar-refractivity contribution in [2.24, 2.45) is 5.73 Å². The SMILES string of the molecule is Cc1ccc(C(=N)N)c(N2CCCN(C)CC2C)c1. The Bertz CT molecular complexity index is 469. The lowest BCUT2D eigenvalue weighted by molar-refractivity contribution is 0.337. The first-order valence-corrected chi connectivity index (χ1v) is 6.89. The third-order valence-electron chi connectivity index (χ3n) is 3.80. The molecular formula is C15H24N4. The summed E-state index contributed by atoms with van der Waals surface area (Å²) in [7, 11) is 2.17. The van der Waals surface area contributed by atoms with Crippen LogP contribution in [0.2, 0.25) is 0 Å². The first kappa shape index (κ1) is 13.9. The third kappa shape index (κ3) is 3.07. The molecule has 3 N–H and O–H groups in total. The molecular weight excluding hydrogens is 236 g/mol. The molecule has 0 aromatic heterocycles.